The summed E-state index contributed by atoms with van der Waals surface area (Å²) in [6.07, 6.45) is 6.34. The Morgan fingerprint density at radius 3 is 2.72 bits per heavy atom. The van der Waals surface area contributed by atoms with E-state index in [4.69, 9.17) is 14.2 Å². The Balaban J connectivity index is 1.27. The number of morpholine rings is 1. The van der Waals surface area contributed by atoms with Crippen LogP contribution in [0.25, 0.3) is 0 Å². The highest BCUT2D eigenvalue weighted by Crippen LogP contribution is 2.47. The molecule has 1 saturated carbocycles. The van der Waals surface area contributed by atoms with Gasteiger partial charge < -0.3 is 19.1 Å². The van der Waals surface area contributed by atoms with Crippen molar-refractivity contribution in [3.63, 3.8) is 0 Å². The van der Waals surface area contributed by atoms with Gasteiger partial charge in [0.25, 0.3) is 0 Å². The smallest absolute Gasteiger partial charge is 0.119 e. The van der Waals surface area contributed by atoms with Gasteiger partial charge in [0.1, 0.15) is 5.75 Å². The van der Waals surface area contributed by atoms with Crippen molar-refractivity contribution in [2.24, 2.45) is 11.3 Å². The lowest BCUT2D eigenvalue weighted by Crippen LogP contribution is -2.57. The molecule has 1 aliphatic carbocycles. The molecule has 0 unspecified atom stereocenters. The second kappa shape index (κ2) is 10.3. The maximum absolute atomic E-state index is 5.89. The predicted molar refractivity (Wildman–Crippen MR) is 115 cm³/mol. The average molecular weight is 403 g/mol. The first-order valence-electron chi connectivity index (χ1n) is 11.5. The lowest BCUT2D eigenvalue weighted by molar-refractivity contribution is -0.0858. The minimum atomic E-state index is 0.343. The summed E-state index contributed by atoms with van der Waals surface area (Å²) >= 11 is 0. The summed E-state index contributed by atoms with van der Waals surface area (Å²) in [6, 6.07) is 10.9. The fourth-order valence-corrected chi connectivity index (χ4v) is 5.83. The summed E-state index contributed by atoms with van der Waals surface area (Å²) in [7, 11) is 1.88. The van der Waals surface area contributed by atoms with Gasteiger partial charge >= 0.3 is 0 Å². The highest BCUT2D eigenvalue weighted by molar-refractivity contribution is 5.20. The van der Waals surface area contributed by atoms with Crippen LogP contribution in [0.15, 0.2) is 30.3 Å². The summed E-state index contributed by atoms with van der Waals surface area (Å²) in [5, 5.41) is 0. The quantitative estimate of drug-likeness (QED) is 0.624. The van der Waals surface area contributed by atoms with Gasteiger partial charge in [-0.2, -0.15) is 0 Å². The molecule has 0 aromatic heterocycles. The molecule has 0 amide bonds. The summed E-state index contributed by atoms with van der Waals surface area (Å²) in [5.41, 5.74) is 0.343. The van der Waals surface area contributed by atoms with Crippen LogP contribution in [0, 0.1) is 11.3 Å². The van der Waals surface area contributed by atoms with E-state index >= 15 is 0 Å². The molecule has 2 saturated heterocycles. The molecule has 0 radical (unpaired) electrons. The second-order valence-corrected chi connectivity index (χ2v) is 9.15. The van der Waals surface area contributed by atoms with Crippen molar-refractivity contribution in [2.75, 3.05) is 66.3 Å². The van der Waals surface area contributed by atoms with Crippen molar-refractivity contribution in [1.82, 2.24) is 9.80 Å². The molecule has 29 heavy (non-hydrogen) atoms. The van der Waals surface area contributed by atoms with E-state index in [-0.39, 0.29) is 0 Å². The minimum absolute atomic E-state index is 0.343. The predicted octanol–water partition coefficient (Wildman–Crippen LogP) is 3.29. The number of likely N-dealkylation sites (tertiary alicyclic amines) is 1. The van der Waals surface area contributed by atoms with Crippen LogP contribution in [0.2, 0.25) is 0 Å². The molecule has 162 valence electrons. The number of ether oxygens (including phenoxy) is 3. The van der Waals surface area contributed by atoms with Gasteiger partial charge in [-0.1, -0.05) is 18.2 Å². The number of hydrogen-bond donors (Lipinski definition) is 0. The van der Waals surface area contributed by atoms with Gasteiger partial charge in [0.05, 0.1) is 26.4 Å². The molecule has 1 aromatic rings. The number of piperidine rings is 1. The van der Waals surface area contributed by atoms with Gasteiger partial charge in [0.2, 0.25) is 0 Å². The molecule has 4 rings (SSSR count). The SMILES string of the molecule is COC[C@@]12CC[C@@H](N3CCOCC3)C[C@H]1CCN(CCCOc1ccccc1)C2. The Morgan fingerprint density at radius 1 is 1.10 bits per heavy atom. The number of methoxy groups -OCH3 is 1. The van der Waals surface area contributed by atoms with Crippen LogP contribution >= 0.6 is 0 Å². The summed E-state index contributed by atoms with van der Waals surface area (Å²) in [5.74, 6) is 1.77. The summed E-state index contributed by atoms with van der Waals surface area (Å²) < 4.78 is 17.2. The van der Waals surface area contributed by atoms with E-state index in [2.05, 4.69) is 9.80 Å². The Labute approximate surface area is 176 Å². The molecule has 2 aliphatic heterocycles. The van der Waals surface area contributed by atoms with Crippen LogP contribution < -0.4 is 4.74 Å². The summed E-state index contributed by atoms with van der Waals surface area (Å²) in [4.78, 5) is 5.35. The van der Waals surface area contributed by atoms with E-state index in [9.17, 15) is 0 Å². The number of nitrogens with zero attached hydrogens (tertiary/aromatic N) is 2. The third-order valence-electron chi connectivity index (χ3n) is 7.35. The molecule has 5 heteroatoms. The van der Waals surface area contributed by atoms with E-state index in [0.717, 1.165) is 70.2 Å². The van der Waals surface area contributed by atoms with E-state index in [1.54, 1.807) is 0 Å². The lowest BCUT2D eigenvalue weighted by Gasteiger charge is -2.54. The topological polar surface area (TPSA) is 34.2 Å². The standard InChI is InChI=1S/C24H38N2O3/c1-27-20-24-10-8-22(26-13-16-28-17-14-26)18-21(24)9-12-25(19-24)11-5-15-29-23-6-3-2-4-7-23/h2-4,6-7,21-22H,5,8-20H2,1H3/t21-,22-,24+/m1/s1. The van der Waals surface area contributed by atoms with Crippen molar-refractivity contribution in [2.45, 2.75) is 38.1 Å². The first kappa shape index (κ1) is 21.1. The Hall–Kier alpha value is -1.14. The molecule has 0 bridgehead atoms. The molecule has 3 fully saturated rings. The third kappa shape index (κ3) is 5.32. The number of benzene rings is 1. The van der Waals surface area contributed by atoms with Gasteiger partial charge in [-0.3, -0.25) is 4.90 Å². The lowest BCUT2D eigenvalue weighted by atomic mass is 9.62. The van der Waals surface area contributed by atoms with Crippen LogP contribution in [0.1, 0.15) is 32.1 Å². The first-order chi connectivity index (χ1) is 14.3. The first-order valence-corrected chi connectivity index (χ1v) is 11.5. The maximum atomic E-state index is 5.89. The molecule has 1 aromatic carbocycles. The number of rotatable bonds is 8. The number of fused-ring (bicyclic) bond motifs is 1. The van der Waals surface area contributed by atoms with Gasteiger partial charge in [0.15, 0.2) is 0 Å². The van der Waals surface area contributed by atoms with Crippen molar-refractivity contribution in [3.8, 4) is 5.75 Å². The van der Waals surface area contributed by atoms with E-state index in [1.807, 2.05) is 37.4 Å². The fourth-order valence-electron chi connectivity index (χ4n) is 5.83. The highest BCUT2D eigenvalue weighted by atomic mass is 16.5. The van der Waals surface area contributed by atoms with E-state index in [1.165, 1.54) is 38.8 Å². The van der Waals surface area contributed by atoms with Gasteiger partial charge in [-0.15, -0.1) is 0 Å². The zero-order chi connectivity index (χ0) is 19.9. The Morgan fingerprint density at radius 2 is 1.93 bits per heavy atom. The molecule has 0 N–H and O–H groups in total. The van der Waals surface area contributed by atoms with Crippen LogP contribution in [0.3, 0.4) is 0 Å². The number of para-hydroxylation sites is 1. The Bertz CT molecular complexity index is 607. The third-order valence-corrected chi connectivity index (χ3v) is 7.35. The summed E-state index contributed by atoms with van der Waals surface area (Å²) in [6.45, 7) is 9.27. The zero-order valence-corrected chi connectivity index (χ0v) is 18.1. The molecule has 2 heterocycles. The van der Waals surface area contributed by atoms with Crippen LogP contribution in [0.4, 0.5) is 0 Å². The highest BCUT2D eigenvalue weighted by Gasteiger charge is 2.47. The molecule has 3 aliphatic rings. The van der Waals surface area contributed by atoms with Crippen LogP contribution in [-0.4, -0.2) is 82.1 Å². The van der Waals surface area contributed by atoms with Gasteiger partial charge in [0, 0.05) is 44.7 Å². The van der Waals surface area contributed by atoms with Gasteiger partial charge in [-0.25, -0.2) is 0 Å². The van der Waals surface area contributed by atoms with Crippen molar-refractivity contribution < 1.29 is 14.2 Å². The minimum Gasteiger partial charge on any atom is -0.494 e. The zero-order valence-electron chi connectivity index (χ0n) is 18.1. The Kier molecular flexibility index (Phi) is 7.46. The molecular formula is C24H38N2O3. The maximum Gasteiger partial charge on any atom is 0.119 e. The normalized spacial score (nSPS) is 31.3. The van der Waals surface area contributed by atoms with Crippen molar-refractivity contribution in [1.29, 1.82) is 0 Å². The largest absolute Gasteiger partial charge is 0.494 e. The van der Waals surface area contributed by atoms with Crippen molar-refractivity contribution >= 4 is 0 Å². The van der Waals surface area contributed by atoms with E-state index < -0.39 is 0 Å². The van der Waals surface area contributed by atoms with E-state index in [0.29, 0.717) is 5.41 Å². The monoisotopic (exact) mass is 402 g/mol. The molecular weight excluding hydrogens is 364 g/mol. The fraction of sp³-hybridized carbons (Fsp3) is 0.750. The number of hydrogen-bond acceptors (Lipinski definition) is 5. The molecule has 5 nitrogen and oxygen atoms in total. The van der Waals surface area contributed by atoms with Crippen molar-refractivity contribution in [3.05, 3.63) is 30.3 Å². The van der Waals surface area contributed by atoms with Crippen LogP contribution in [-0.2, 0) is 9.47 Å². The molecule has 0 spiro atoms. The van der Waals surface area contributed by atoms with Crippen LogP contribution in [0.5, 0.6) is 5.75 Å². The average Bonchev–Trinajstić information content (AvgIpc) is 2.78. The van der Waals surface area contributed by atoms with Gasteiger partial charge in [-0.05, 0) is 56.7 Å². The molecule has 3 atom stereocenters. The second-order valence-electron chi connectivity index (χ2n) is 9.15.